The number of nitrogens with zero attached hydrogens (tertiary/aromatic N) is 4. The Labute approximate surface area is 86.1 Å². The lowest BCUT2D eigenvalue weighted by molar-refractivity contribution is 0.308. The van der Waals surface area contributed by atoms with Crippen LogP contribution in [0.4, 0.5) is 0 Å². The molecule has 0 N–H and O–H groups in total. The van der Waals surface area contributed by atoms with Crippen LogP contribution < -0.4 is 0 Å². The summed E-state index contributed by atoms with van der Waals surface area (Å²) in [5.74, 6) is 0. The summed E-state index contributed by atoms with van der Waals surface area (Å²) in [4.78, 5) is 4.41. The van der Waals surface area contributed by atoms with Gasteiger partial charge in [0.15, 0.2) is 12.1 Å². The molecule has 0 radical (unpaired) electrons. The van der Waals surface area contributed by atoms with Crippen LogP contribution in [0.3, 0.4) is 0 Å². The van der Waals surface area contributed by atoms with Gasteiger partial charge in [0.1, 0.15) is 0 Å². The summed E-state index contributed by atoms with van der Waals surface area (Å²) >= 11 is 0. The third-order valence-corrected chi connectivity index (χ3v) is 1.39. The van der Waals surface area contributed by atoms with Gasteiger partial charge in [-0.3, -0.25) is 0 Å². The Morgan fingerprint density at radius 1 is 1.31 bits per heavy atom. The summed E-state index contributed by atoms with van der Waals surface area (Å²) in [6.07, 6.45) is 4.20. The first kappa shape index (κ1) is 14.2. The van der Waals surface area contributed by atoms with E-state index in [0.717, 1.165) is 13.2 Å². The van der Waals surface area contributed by atoms with Crippen LogP contribution in [0, 0.1) is 22.7 Å². The molecule has 1 aliphatic rings. The van der Waals surface area contributed by atoms with Crippen LogP contribution in [0.25, 0.3) is 0 Å². The Hall–Kier alpha value is -1.33. The van der Waals surface area contributed by atoms with Gasteiger partial charge >= 0.3 is 0 Å². The molecule has 1 aliphatic heterocycles. The summed E-state index contributed by atoms with van der Waals surface area (Å²) in [5.41, 5.74) is 0. The van der Waals surface area contributed by atoms with Crippen LogP contribution in [0.15, 0.2) is 12.4 Å². The molecule has 0 spiro atoms. The van der Waals surface area contributed by atoms with E-state index < -0.39 is 0 Å². The second-order valence-corrected chi connectivity index (χ2v) is 2.33. The third kappa shape index (κ3) is 7.04. The molecule has 0 saturated heterocycles. The molecule has 0 aliphatic carbocycles. The Kier molecular flexibility index (Phi) is 9.58. The molecule has 1 heterocycles. The van der Waals surface area contributed by atoms with Crippen LogP contribution >= 0.6 is 13.5 Å². The fourth-order valence-electron chi connectivity index (χ4n) is 0.794. The molecule has 13 heavy (non-hydrogen) atoms. The molecular formula is C8H14N4S. The Balaban J connectivity index is 0. The molecule has 4 nitrogen and oxygen atoms in total. The largest absolute Gasteiger partial charge is 0.362 e. The second kappa shape index (κ2) is 8.76. The quantitative estimate of drug-likeness (QED) is 0.626. The van der Waals surface area contributed by atoms with Gasteiger partial charge in [0.05, 0.1) is 6.67 Å². The van der Waals surface area contributed by atoms with Gasteiger partial charge in [-0.05, 0) is 6.92 Å². The predicted molar refractivity (Wildman–Crippen MR) is 55.8 cm³/mol. The molecule has 0 aromatic heterocycles. The zero-order chi connectivity index (χ0) is 9.40. The summed E-state index contributed by atoms with van der Waals surface area (Å²) in [5, 5.41) is 14.5. The van der Waals surface area contributed by atoms with Gasteiger partial charge in [-0.25, -0.2) is 0 Å². The first-order chi connectivity index (χ1) is 5.74. The first-order valence-electron chi connectivity index (χ1n) is 3.65. The maximum absolute atomic E-state index is 7.26. The molecular weight excluding hydrogens is 184 g/mol. The third-order valence-electron chi connectivity index (χ3n) is 1.39. The molecule has 1 rings (SSSR count). The van der Waals surface area contributed by atoms with Crippen molar-refractivity contribution in [3.8, 4) is 12.1 Å². The number of nitriles is 2. The van der Waals surface area contributed by atoms with Crippen molar-refractivity contribution < 1.29 is 0 Å². The van der Waals surface area contributed by atoms with Gasteiger partial charge in [0.2, 0.25) is 0 Å². The van der Waals surface area contributed by atoms with E-state index in [2.05, 4.69) is 36.2 Å². The van der Waals surface area contributed by atoms with Crippen molar-refractivity contribution in [1.82, 2.24) is 9.80 Å². The molecule has 0 unspecified atom stereocenters. The van der Waals surface area contributed by atoms with E-state index in [1.165, 1.54) is 12.1 Å². The van der Waals surface area contributed by atoms with Crippen molar-refractivity contribution >= 4 is 13.5 Å². The Morgan fingerprint density at radius 2 is 1.85 bits per heavy atom. The van der Waals surface area contributed by atoms with Gasteiger partial charge in [-0.2, -0.15) is 24.0 Å². The van der Waals surface area contributed by atoms with Crippen LogP contribution in [0.2, 0.25) is 0 Å². The fourth-order valence-corrected chi connectivity index (χ4v) is 0.794. The highest BCUT2D eigenvalue weighted by Gasteiger charge is 2.03. The number of hydrogen-bond donors (Lipinski definition) is 0. The molecule has 5 heteroatoms. The molecule has 0 aromatic rings. The minimum atomic E-state index is 0. The maximum Gasteiger partial charge on any atom is 0.181 e. The number of hydrogen-bond acceptors (Lipinski definition) is 4. The normalized spacial score (nSPS) is 12.0. The van der Waals surface area contributed by atoms with Crippen molar-refractivity contribution in [3.05, 3.63) is 12.4 Å². The van der Waals surface area contributed by atoms with Crippen molar-refractivity contribution in [2.24, 2.45) is 0 Å². The zero-order valence-corrected chi connectivity index (χ0v) is 8.86. The highest BCUT2D eigenvalue weighted by atomic mass is 32.1. The van der Waals surface area contributed by atoms with E-state index in [-0.39, 0.29) is 13.5 Å². The molecule has 0 saturated carbocycles. The van der Waals surface area contributed by atoms with Crippen LogP contribution in [0.5, 0.6) is 0 Å². The van der Waals surface area contributed by atoms with Gasteiger partial charge in [-0.1, -0.05) is 0 Å². The highest BCUT2D eigenvalue weighted by molar-refractivity contribution is 7.59. The Morgan fingerprint density at radius 3 is 2.00 bits per heavy atom. The molecule has 0 amide bonds. The van der Waals surface area contributed by atoms with Gasteiger partial charge in [-0.15, -0.1) is 0 Å². The van der Waals surface area contributed by atoms with E-state index in [9.17, 15) is 0 Å². The van der Waals surface area contributed by atoms with Crippen molar-refractivity contribution in [2.45, 2.75) is 6.92 Å². The Bertz CT molecular complexity index is 213. The predicted octanol–water partition coefficient (Wildman–Crippen LogP) is 0.829. The van der Waals surface area contributed by atoms with Crippen LogP contribution in [-0.4, -0.2) is 30.1 Å². The highest BCUT2D eigenvalue weighted by Crippen LogP contribution is 2.00. The molecule has 0 bridgehead atoms. The fraction of sp³-hybridized carbons (Fsp3) is 0.500. The molecule has 72 valence electrons. The second-order valence-electron chi connectivity index (χ2n) is 2.33. The summed E-state index contributed by atoms with van der Waals surface area (Å²) < 4.78 is 0. The van der Waals surface area contributed by atoms with Crippen molar-refractivity contribution in [3.63, 3.8) is 0 Å². The molecule has 0 atom stereocenters. The van der Waals surface area contributed by atoms with Crippen molar-refractivity contribution in [2.75, 3.05) is 20.3 Å². The van der Waals surface area contributed by atoms with E-state index in [4.69, 9.17) is 10.5 Å². The summed E-state index contributed by atoms with van der Waals surface area (Å²) in [7, 11) is 2.08. The molecule has 0 aromatic carbocycles. The van der Waals surface area contributed by atoms with Crippen LogP contribution in [-0.2, 0) is 0 Å². The first-order valence-corrected chi connectivity index (χ1v) is 3.65. The van der Waals surface area contributed by atoms with Gasteiger partial charge < -0.3 is 9.80 Å². The lowest BCUT2D eigenvalue weighted by atomic mass is 10.6. The minimum Gasteiger partial charge on any atom is -0.362 e. The zero-order valence-electron chi connectivity index (χ0n) is 7.86. The maximum atomic E-state index is 7.26. The average Bonchev–Trinajstić information content (AvgIpc) is 2.52. The monoisotopic (exact) mass is 198 g/mol. The SMILES string of the molecule is CCN1C=CN(C)C1.N#CC#N.S. The van der Waals surface area contributed by atoms with Gasteiger partial charge in [0, 0.05) is 26.0 Å². The lowest BCUT2D eigenvalue weighted by Crippen LogP contribution is -2.21. The summed E-state index contributed by atoms with van der Waals surface area (Å²) in [6, 6.07) is 2.47. The molecule has 0 fully saturated rings. The summed E-state index contributed by atoms with van der Waals surface area (Å²) in [6.45, 7) is 4.32. The van der Waals surface area contributed by atoms with E-state index in [1.807, 2.05) is 0 Å². The van der Waals surface area contributed by atoms with E-state index in [0.29, 0.717) is 0 Å². The number of rotatable bonds is 1. The topological polar surface area (TPSA) is 54.1 Å². The smallest absolute Gasteiger partial charge is 0.181 e. The lowest BCUT2D eigenvalue weighted by Gasteiger charge is -2.14. The standard InChI is InChI=1S/C6H12N2.C2N2.H2S/c1-3-8-5-4-7(2)6-8;3-1-2-4;/h4-5H,3,6H2,1-2H3;;1H2. The van der Waals surface area contributed by atoms with Gasteiger partial charge in [0.25, 0.3) is 0 Å². The van der Waals surface area contributed by atoms with E-state index >= 15 is 0 Å². The van der Waals surface area contributed by atoms with Crippen molar-refractivity contribution in [1.29, 1.82) is 10.5 Å². The van der Waals surface area contributed by atoms with Crippen LogP contribution in [0.1, 0.15) is 6.92 Å². The minimum absolute atomic E-state index is 0. The van der Waals surface area contributed by atoms with E-state index in [1.54, 1.807) is 0 Å². The average molecular weight is 198 g/mol.